The van der Waals surface area contributed by atoms with Crippen molar-refractivity contribution in [1.29, 1.82) is 0 Å². The van der Waals surface area contributed by atoms with Gasteiger partial charge < -0.3 is 78.3 Å². The smallest absolute Gasteiger partial charge is 0.326 e. The van der Waals surface area contributed by atoms with Gasteiger partial charge in [-0.1, -0.05) is 80.6 Å². The van der Waals surface area contributed by atoms with Crippen molar-refractivity contribution in [2.24, 2.45) is 17.8 Å². The Hall–Kier alpha value is -9.86. The summed E-state index contributed by atoms with van der Waals surface area (Å²) in [6.07, 6.45) is 0.711. The van der Waals surface area contributed by atoms with Gasteiger partial charge in [-0.25, -0.2) is 14.4 Å². The molecule has 33 heteroatoms. The normalized spacial score (nSPS) is 17.6. The summed E-state index contributed by atoms with van der Waals surface area (Å²) in [5.41, 5.74) is 2.43. The molecule has 566 valence electrons. The molecule has 1 aliphatic carbocycles. The number of benzene rings is 3. The molecule has 0 spiro atoms. The molecule has 1 aliphatic heterocycles. The van der Waals surface area contributed by atoms with Crippen LogP contribution in [-0.2, 0) is 75.2 Å². The van der Waals surface area contributed by atoms with E-state index in [0.29, 0.717) is 37.2 Å². The third-order valence-electron chi connectivity index (χ3n) is 18.0. The number of rotatable bonds is 40. The summed E-state index contributed by atoms with van der Waals surface area (Å²) in [5, 5.41) is 89.7. The summed E-state index contributed by atoms with van der Waals surface area (Å²) in [6.45, 7) is 4.87. The fourth-order valence-corrected chi connectivity index (χ4v) is 12.3. The number of carboxylic acids is 7. The maximum Gasteiger partial charge on any atom is 0.326 e. The Morgan fingerprint density at radius 3 is 1.47 bits per heavy atom. The van der Waals surface area contributed by atoms with Gasteiger partial charge in [0.1, 0.15) is 30.2 Å². The number of urea groups is 1. The summed E-state index contributed by atoms with van der Waals surface area (Å²) >= 11 is 0. The van der Waals surface area contributed by atoms with Crippen molar-refractivity contribution in [3.63, 3.8) is 0 Å². The zero-order valence-corrected chi connectivity index (χ0v) is 58.5. The van der Waals surface area contributed by atoms with E-state index >= 15 is 0 Å². The molecule has 5 rings (SSSR count). The largest absolute Gasteiger partial charge is 0.481 e. The zero-order valence-electron chi connectivity index (χ0n) is 58.5. The number of carbonyl (C=O) groups excluding carboxylic acids is 7. The lowest BCUT2D eigenvalue weighted by atomic mass is 9.81. The van der Waals surface area contributed by atoms with Crippen LogP contribution in [0.25, 0.3) is 10.8 Å². The number of carbonyl (C=O) groups is 14. The standard InChI is InChI=1S/C70H100N12O21/c1-43(2)34-45-11-16-48(17-12-45)44(3)63(94)75-56(37-59(86)87)67(98)72-25-23-52(74-57(83)39-79-26-28-80(40-60(88)89)30-32-82(42-62(92)93)33-31-81(29-27-79)41-61(90)91)65(96)73-38-46-13-19-50(20-14-46)64(95)76-55(36-47-15-18-49-8-4-5-9-51(49)35-47)66(97)71-24-7-6-10-53(68(99)100)77-70(103)78-54(69(101)102)21-22-58(84)85/h4-5,8-9,11-12,15-18,35,43-44,46,50,52-56H,6-7,10,13-14,19-34,36-42H2,1-3H3,(H,71,97)(H,72,98)(H,73,96)(H,74,83)(H,75,94)(H,76,95)(H,84,85)(H,86,87)(H,88,89)(H,90,91)(H,92,93)(H,99,100)(H,101,102)(H2,77,78,103). The fraction of sp³-hybridized carbons (Fsp3) is 0.571. The second-order valence-electron chi connectivity index (χ2n) is 26.7. The highest BCUT2D eigenvalue weighted by molar-refractivity contribution is 5.94. The molecule has 15 N–H and O–H groups in total. The second-order valence-corrected chi connectivity index (χ2v) is 26.7. The third-order valence-corrected chi connectivity index (χ3v) is 18.0. The minimum Gasteiger partial charge on any atom is -0.481 e. The van der Waals surface area contributed by atoms with Gasteiger partial charge >= 0.3 is 47.8 Å². The van der Waals surface area contributed by atoms with E-state index in [1.54, 1.807) is 38.7 Å². The molecular weight excluding hydrogens is 1340 g/mol. The highest BCUT2D eigenvalue weighted by Crippen LogP contribution is 2.29. The van der Waals surface area contributed by atoms with Crippen LogP contribution in [0.4, 0.5) is 4.79 Å². The summed E-state index contributed by atoms with van der Waals surface area (Å²) in [7, 11) is 0. The molecule has 1 heterocycles. The van der Waals surface area contributed by atoms with Gasteiger partial charge in [0, 0.05) is 90.8 Å². The lowest BCUT2D eigenvalue weighted by Gasteiger charge is -2.33. The number of amides is 8. The Morgan fingerprint density at radius 2 is 0.942 bits per heavy atom. The van der Waals surface area contributed by atoms with Crippen LogP contribution in [0.1, 0.15) is 114 Å². The van der Waals surface area contributed by atoms with Crippen molar-refractivity contribution in [2.45, 2.75) is 140 Å². The predicted octanol–water partition coefficient (Wildman–Crippen LogP) is 0.575. The van der Waals surface area contributed by atoms with Gasteiger partial charge in [0.05, 0.1) is 38.5 Å². The van der Waals surface area contributed by atoms with E-state index in [0.717, 1.165) is 28.3 Å². The second kappa shape index (κ2) is 43.2. The molecule has 103 heavy (non-hydrogen) atoms. The van der Waals surface area contributed by atoms with Crippen LogP contribution in [-0.4, -0.2) is 267 Å². The fourth-order valence-electron chi connectivity index (χ4n) is 12.3. The van der Waals surface area contributed by atoms with Gasteiger partial charge in [-0.2, -0.15) is 0 Å². The zero-order chi connectivity index (χ0) is 75.7. The van der Waals surface area contributed by atoms with E-state index in [4.69, 9.17) is 5.11 Å². The van der Waals surface area contributed by atoms with Crippen LogP contribution >= 0.6 is 0 Å². The number of hydrogen-bond acceptors (Lipinski definition) is 18. The van der Waals surface area contributed by atoms with Gasteiger partial charge in [-0.15, -0.1) is 0 Å². The molecule has 6 unspecified atom stereocenters. The minimum absolute atomic E-state index is 0.0384. The molecule has 1 saturated heterocycles. The SMILES string of the molecule is CC(C)Cc1ccc(C(C)C(=O)NC(CC(=O)O)C(=O)NCCC(NC(=O)CN2CCN(CC(=O)O)CCN(CC(=O)O)CCN(CC(=O)O)CC2)C(=O)NCC2CCC(C(=O)NC(Cc3ccc4ccccc4c3)C(=O)NCCCCC(NC(=O)NC(CCC(=O)O)C(=O)O)C(=O)O)CC2)cc1. The van der Waals surface area contributed by atoms with Crippen molar-refractivity contribution in [3.8, 4) is 0 Å². The first-order valence-corrected chi connectivity index (χ1v) is 34.7. The number of fused-ring (bicyclic) bond motifs is 1. The van der Waals surface area contributed by atoms with Gasteiger partial charge in [0.15, 0.2) is 0 Å². The first-order valence-electron chi connectivity index (χ1n) is 34.7. The maximum absolute atomic E-state index is 14.4. The number of nitrogens with zero attached hydrogens (tertiary/aromatic N) is 4. The molecule has 33 nitrogen and oxygen atoms in total. The highest BCUT2D eigenvalue weighted by atomic mass is 16.4. The number of hydrogen-bond donors (Lipinski definition) is 15. The van der Waals surface area contributed by atoms with Gasteiger partial charge in [0.25, 0.3) is 0 Å². The lowest BCUT2D eigenvalue weighted by Crippen LogP contribution is -2.54. The first-order chi connectivity index (χ1) is 48.9. The van der Waals surface area contributed by atoms with Crippen LogP contribution in [0.3, 0.4) is 0 Å². The minimum atomic E-state index is -1.59. The van der Waals surface area contributed by atoms with E-state index in [1.807, 2.05) is 54.6 Å². The van der Waals surface area contributed by atoms with Crippen molar-refractivity contribution in [3.05, 3.63) is 83.4 Å². The molecule has 2 fully saturated rings. The van der Waals surface area contributed by atoms with Crippen molar-refractivity contribution < 1.29 is 103 Å². The van der Waals surface area contributed by atoms with E-state index in [9.17, 15) is 97.8 Å². The Labute approximate surface area is 596 Å². The topological polar surface area (TPSA) is 490 Å². The number of unbranched alkanes of at least 4 members (excludes halogenated alkanes) is 1. The van der Waals surface area contributed by atoms with Crippen LogP contribution in [0.15, 0.2) is 66.7 Å². The Morgan fingerprint density at radius 1 is 0.437 bits per heavy atom. The van der Waals surface area contributed by atoms with Crippen molar-refractivity contribution >= 4 is 94.0 Å². The van der Waals surface area contributed by atoms with E-state index in [2.05, 4.69) is 56.4 Å². The van der Waals surface area contributed by atoms with E-state index < -0.39 is 158 Å². The third kappa shape index (κ3) is 31.5. The van der Waals surface area contributed by atoms with Crippen LogP contribution in [0, 0.1) is 17.8 Å². The maximum atomic E-state index is 14.4. The number of carboxylic acid groups (broad SMARTS) is 7. The number of nitrogens with one attached hydrogen (secondary N) is 8. The molecule has 8 amide bonds. The average molecular weight is 1450 g/mol. The quantitative estimate of drug-likeness (QED) is 0.0346. The van der Waals surface area contributed by atoms with Gasteiger partial charge in [-0.3, -0.25) is 72.3 Å². The van der Waals surface area contributed by atoms with Crippen molar-refractivity contribution in [2.75, 3.05) is 98.2 Å². The van der Waals surface area contributed by atoms with E-state index in [1.165, 1.54) is 0 Å². The number of aliphatic carboxylic acids is 7. The molecule has 1 saturated carbocycles. The summed E-state index contributed by atoms with van der Waals surface area (Å²) in [4.78, 5) is 185. The molecule has 3 aromatic carbocycles. The Bertz CT molecular complexity index is 3370. The summed E-state index contributed by atoms with van der Waals surface area (Å²) in [5.74, 6) is -13.9. The monoisotopic (exact) mass is 1440 g/mol. The first kappa shape index (κ1) is 83.8. The Kier molecular flexibility index (Phi) is 35.1. The predicted molar refractivity (Wildman–Crippen MR) is 372 cm³/mol. The Balaban J connectivity index is 1.26. The summed E-state index contributed by atoms with van der Waals surface area (Å²) in [6, 6.07) is 12.5. The lowest BCUT2D eigenvalue weighted by molar-refractivity contribution is -0.141. The molecule has 0 aromatic heterocycles. The van der Waals surface area contributed by atoms with Crippen LogP contribution in [0.5, 0.6) is 0 Å². The molecule has 3 aromatic rings. The molecular formula is C70H100N12O21. The highest BCUT2D eigenvalue weighted by Gasteiger charge is 2.33. The molecule has 0 radical (unpaired) electrons. The van der Waals surface area contributed by atoms with Crippen LogP contribution in [0.2, 0.25) is 0 Å². The summed E-state index contributed by atoms with van der Waals surface area (Å²) < 4.78 is 0. The van der Waals surface area contributed by atoms with Gasteiger partial charge in [-0.05, 0) is 110 Å². The van der Waals surface area contributed by atoms with E-state index in [-0.39, 0.29) is 123 Å². The molecule has 2 aliphatic rings. The van der Waals surface area contributed by atoms with Crippen molar-refractivity contribution in [1.82, 2.24) is 62.1 Å². The van der Waals surface area contributed by atoms with Gasteiger partial charge in [0.2, 0.25) is 35.4 Å². The van der Waals surface area contributed by atoms with Crippen LogP contribution < -0.4 is 42.5 Å². The molecule has 0 bridgehead atoms. The average Bonchev–Trinajstić information content (AvgIpc) is 0.809. The molecule has 6 atom stereocenters.